The van der Waals surface area contributed by atoms with Gasteiger partial charge in [-0.2, -0.15) is 0 Å². The van der Waals surface area contributed by atoms with E-state index in [4.69, 9.17) is 0 Å². The third-order valence-electron chi connectivity index (χ3n) is 2.88. The molecule has 1 heterocycles. The number of benzene rings is 1. The zero-order valence-corrected chi connectivity index (χ0v) is 11.4. The van der Waals surface area contributed by atoms with Gasteiger partial charge < -0.3 is 5.32 Å². The Morgan fingerprint density at radius 2 is 1.90 bits per heavy atom. The minimum atomic E-state index is -0.579. The highest BCUT2D eigenvalue weighted by Crippen LogP contribution is 2.12. The van der Waals surface area contributed by atoms with Crippen LogP contribution in [0.15, 0.2) is 30.6 Å². The van der Waals surface area contributed by atoms with Gasteiger partial charge in [0.25, 0.3) is 0 Å². The van der Waals surface area contributed by atoms with Crippen molar-refractivity contribution in [3.63, 3.8) is 0 Å². The fourth-order valence-electron chi connectivity index (χ4n) is 1.81. The topological polar surface area (TPSA) is 37.8 Å². The smallest absolute Gasteiger partial charge is 0.132 e. The maximum Gasteiger partial charge on any atom is 0.132 e. The monoisotopic (exact) mass is 277 g/mol. The molecular formula is C15H17F2N3. The summed E-state index contributed by atoms with van der Waals surface area (Å²) >= 11 is 0. The first-order valence-corrected chi connectivity index (χ1v) is 6.63. The Morgan fingerprint density at radius 3 is 2.55 bits per heavy atom. The van der Waals surface area contributed by atoms with E-state index in [9.17, 15) is 8.78 Å². The molecule has 0 fully saturated rings. The summed E-state index contributed by atoms with van der Waals surface area (Å²) in [4.78, 5) is 8.41. The molecule has 0 aliphatic rings. The average molecular weight is 277 g/mol. The van der Waals surface area contributed by atoms with Crippen molar-refractivity contribution in [1.82, 2.24) is 15.3 Å². The Balaban J connectivity index is 1.99. The van der Waals surface area contributed by atoms with Gasteiger partial charge in [-0.15, -0.1) is 0 Å². The summed E-state index contributed by atoms with van der Waals surface area (Å²) in [5, 5.41) is 3.25. The number of rotatable bonds is 6. The van der Waals surface area contributed by atoms with E-state index in [2.05, 4.69) is 22.2 Å². The lowest BCUT2D eigenvalue weighted by Crippen LogP contribution is -2.14. The molecule has 0 amide bonds. The first-order valence-electron chi connectivity index (χ1n) is 6.63. The summed E-state index contributed by atoms with van der Waals surface area (Å²) < 4.78 is 26.3. The molecule has 5 heteroatoms. The van der Waals surface area contributed by atoms with E-state index < -0.39 is 11.6 Å². The van der Waals surface area contributed by atoms with Crippen molar-refractivity contribution >= 4 is 0 Å². The third kappa shape index (κ3) is 4.06. The first kappa shape index (κ1) is 14.5. The normalized spacial score (nSPS) is 10.8. The van der Waals surface area contributed by atoms with Crippen LogP contribution < -0.4 is 5.32 Å². The number of hydrogen-bond acceptors (Lipinski definition) is 3. The molecule has 0 atom stereocenters. The van der Waals surface area contributed by atoms with E-state index in [-0.39, 0.29) is 6.42 Å². The van der Waals surface area contributed by atoms with E-state index in [1.807, 2.05) is 0 Å². The van der Waals surface area contributed by atoms with E-state index in [1.165, 1.54) is 12.1 Å². The van der Waals surface area contributed by atoms with Gasteiger partial charge in [0.1, 0.15) is 17.5 Å². The maximum atomic E-state index is 13.5. The molecule has 0 saturated carbocycles. The van der Waals surface area contributed by atoms with Crippen LogP contribution in [0.4, 0.5) is 8.78 Å². The third-order valence-corrected chi connectivity index (χ3v) is 2.88. The van der Waals surface area contributed by atoms with Crippen LogP contribution in [0.5, 0.6) is 0 Å². The number of halogens is 2. The largest absolute Gasteiger partial charge is 0.313 e. The molecule has 1 aromatic carbocycles. The van der Waals surface area contributed by atoms with Crippen LogP contribution in [0.25, 0.3) is 0 Å². The second kappa shape index (κ2) is 7.05. The molecule has 20 heavy (non-hydrogen) atoms. The number of nitrogens with zero attached hydrogens (tertiary/aromatic N) is 2. The molecule has 2 rings (SSSR count). The minimum Gasteiger partial charge on any atom is -0.313 e. The molecule has 0 radical (unpaired) electrons. The fourth-order valence-corrected chi connectivity index (χ4v) is 1.81. The van der Waals surface area contributed by atoms with Crippen molar-refractivity contribution in [3.05, 3.63) is 59.2 Å². The molecule has 3 nitrogen and oxygen atoms in total. The molecule has 1 N–H and O–H groups in total. The lowest BCUT2D eigenvalue weighted by atomic mass is 10.1. The Labute approximate surface area is 117 Å². The SMILES string of the molecule is CCCNCc1cnc(Cc2ccc(F)cc2F)nc1. The Bertz CT molecular complexity index is 556. The Morgan fingerprint density at radius 1 is 1.15 bits per heavy atom. The summed E-state index contributed by atoms with van der Waals surface area (Å²) in [5.74, 6) is -0.624. The second-order valence-electron chi connectivity index (χ2n) is 4.60. The molecule has 0 unspecified atom stereocenters. The first-order chi connectivity index (χ1) is 9.69. The van der Waals surface area contributed by atoms with Gasteiger partial charge in [-0.3, -0.25) is 0 Å². The van der Waals surface area contributed by atoms with Gasteiger partial charge in [0.2, 0.25) is 0 Å². The predicted molar refractivity (Wildman–Crippen MR) is 73.2 cm³/mol. The maximum absolute atomic E-state index is 13.5. The van der Waals surface area contributed by atoms with Crippen LogP contribution in [0.3, 0.4) is 0 Å². The van der Waals surface area contributed by atoms with E-state index >= 15 is 0 Å². The Kier molecular flexibility index (Phi) is 5.12. The van der Waals surface area contributed by atoms with Crippen molar-refractivity contribution in [1.29, 1.82) is 0 Å². The van der Waals surface area contributed by atoms with E-state index in [0.29, 0.717) is 11.4 Å². The highest BCUT2D eigenvalue weighted by molar-refractivity contribution is 5.22. The van der Waals surface area contributed by atoms with Gasteiger partial charge in [0.15, 0.2) is 0 Å². The molecule has 2 aromatic rings. The minimum absolute atomic E-state index is 0.259. The second-order valence-corrected chi connectivity index (χ2v) is 4.60. The molecular weight excluding hydrogens is 260 g/mol. The van der Waals surface area contributed by atoms with Gasteiger partial charge in [-0.1, -0.05) is 13.0 Å². The summed E-state index contributed by atoms with van der Waals surface area (Å²) in [6, 6.07) is 3.53. The standard InChI is InChI=1S/C15H17F2N3/c1-2-5-18-8-11-9-19-15(20-10-11)6-12-3-4-13(16)7-14(12)17/h3-4,7,9-10,18H,2,5-6,8H2,1H3. The van der Waals surface area contributed by atoms with Crippen molar-refractivity contribution in [2.45, 2.75) is 26.3 Å². The summed E-state index contributed by atoms with van der Waals surface area (Å²) in [5.41, 5.74) is 1.38. The molecule has 0 aliphatic heterocycles. The van der Waals surface area contributed by atoms with Gasteiger partial charge in [0.05, 0.1) is 0 Å². The fraction of sp³-hybridized carbons (Fsp3) is 0.333. The van der Waals surface area contributed by atoms with Crippen molar-refractivity contribution in [3.8, 4) is 0 Å². The molecule has 1 aromatic heterocycles. The Hall–Kier alpha value is -1.88. The molecule has 106 valence electrons. The van der Waals surface area contributed by atoms with Crippen molar-refractivity contribution in [2.24, 2.45) is 0 Å². The van der Waals surface area contributed by atoms with Crippen LogP contribution in [0, 0.1) is 11.6 Å². The van der Waals surface area contributed by atoms with Gasteiger partial charge >= 0.3 is 0 Å². The molecule has 0 bridgehead atoms. The average Bonchev–Trinajstić information content (AvgIpc) is 2.44. The zero-order valence-electron chi connectivity index (χ0n) is 11.4. The predicted octanol–water partition coefficient (Wildman–Crippen LogP) is 2.85. The van der Waals surface area contributed by atoms with Gasteiger partial charge in [-0.05, 0) is 24.6 Å². The lowest BCUT2D eigenvalue weighted by Gasteiger charge is -2.05. The lowest BCUT2D eigenvalue weighted by molar-refractivity contribution is 0.573. The van der Waals surface area contributed by atoms with E-state index in [0.717, 1.165) is 31.1 Å². The van der Waals surface area contributed by atoms with Crippen LogP contribution >= 0.6 is 0 Å². The molecule has 0 aliphatic carbocycles. The van der Waals surface area contributed by atoms with Crippen LogP contribution in [-0.2, 0) is 13.0 Å². The van der Waals surface area contributed by atoms with Gasteiger partial charge in [-0.25, -0.2) is 18.7 Å². The molecule has 0 spiro atoms. The highest BCUT2D eigenvalue weighted by Gasteiger charge is 2.06. The van der Waals surface area contributed by atoms with Crippen LogP contribution in [-0.4, -0.2) is 16.5 Å². The number of hydrogen-bond donors (Lipinski definition) is 1. The summed E-state index contributed by atoms with van der Waals surface area (Å²) in [7, 11) is 0. The van der Waals surface area contributed by atoms with Gasteiger partial charge in [0, 0.05) is 37.0 Å². The van der Waals surface area contributed by atoms with Crippen LogP contribution in [0.2, 0.25) is 0 Å². The highest BCUT2D eigenvalue weighted by atomic mass is 19.1. The summed E-state index contributed by atoms with van der Waals surface area (Å²) in [6.07, 6.45) is 4.79. The summed E-state index contributed by atoms with van der Waals surface area (Å²) in [6.45, 7) is 3.77. The number of aromatic nitrogens is 2. The van der Waals surface area contributed by atoms with E-state index in [1.54, 1.807) is 12.4 Å². The van der Waals surface area contributed by atoms with Crippen LogP contribution in [0.1, 0.15) is 30.3 Å². The molecule has 0 saturated heterocycles. The van der Waals surface area contributed by atoms with Crippen molar-refractivity contribution in [2.75, 3.05) is 6.54 Å². The quantitative estimate of drug-likeness (QED) is 0.825. The van der Waals surface area contributed by atoms with Crippen molar-refractivity contribution < 1.29 is 8.78 Å². The number of nitrogens with one attached hydrogen (secondary N) is 1. The zero-order chi connectivity index (χ0) is 14.4.